The number of rotatable bonds is 5. The van der Waals surface area contributed by atoms with Crippen LogP contribution >= 0.6 is 22.9 Å². The summed E-state index contributed by atoms with van der Waals surface area (Å²) >= 11 is 7.41. The summed E-state index contributed by atoms with van der Waals surface area (Å²) in [5.74, 6) is -0.827. The molecule has 6 heteroatoms. The number of methoxy groups -OCH3 is 1. The lowest BCUT2D eigenvalue weighted by Gasteiger charge is -2.15. The van der Waals surface area contributed by atoms with Gasteiger partial charge >= 0.3 is 0 Å². The largest absolute Gasteiger partial charge is 0.375 e. The van der Waals surface area contributed by atoms with Crippen LogP contribution in [0.3, 0.4) is 0 Å². The number of hydrogen-bond acceptors (Lipinski definition) is 3. The van der Waals surface area contributed by atoms with Crippen LogP contribution in [0.5, 0.6) is 0 Å². The third kappa shape index (κ3) is 3.56. The van der Waals surface area contributed by atoms with Gasteiger partial charge in [0.15, 0.2) is 0 Å². The van der Waals surface area contributed by atoms with Crippen LogP contribution in [0.25, 0.3) is 0 Å². The molecule has 1 N–H and O–H groups in total. The van der Waals surface area contributed by atoms with Gasteiger partial charge in [-0.15, -0.1) is 0 Å². The third-order valence-electron chi connectivity index (χ3n) is 2.82. The molecule has 0 aliphatic rings. The Bertz CT molecular complexity index is 589. The van der Waals surface area contributed by atoms with E-state index in [1.54, 1.807) is 18.4 Å². The average molecular weight is 314 g/mol. The first kappa shape index (κ1) is 15.0. The number of hydrogen-bond donors (Lipinski definition) is 1. The minimum absolute atomic E-state index is 0.0898. The van der Waals surface area contributed by atoms with Crippen LogP contribution in [0, 0.1) is 5.82 Å². The van der Waals surface area contributed by atoms with Gasteiger partial charge in [0, 0.05) is 13.7 Å². The Hall–Kier alpha value is -1.43. The number of benzene rings is 1. The summed E-state index contributed by atoms with van der Waals surface area (Å²) in [6, 6.07) is 5.62. The van der Waals surface area contributed by atoms with Crippen LogP contribution in [0.4, 0.5) is 4.39 Å². The van der Waals surface area contributed by atoms with Crippen molar-refractivity contribution in [1.82, 2.24) is 5.32 Å². The molecule has 0 radical (unpaired) electrons. The summed E-state index contributed by atoms with van der Waals surface area (Å²) in [5.41, 5.74) is 1.25. The van der Waals surface area contributed by atoms with Crippen molar-refractivity contribution in [2.24, 2.45) is 0 Å². The quantitative estimate of drug-likeness (QED) is 0.915. The molecule has 3 nitrogen and oxygen atoms in total. The molecule has 0 unspecified atom stereocenters. The molecule has 0 saturated carbocycles. The third-order valence-corrected chi connectivity index (χ3v) is 3.84. The molecule has 0 fully saturated rings. The monoisotopic (exact) mass is 313 g/mol. The molecule has 1 atom stereocenters. The van der Waals surface area contributed by atoms with E-state index in [0.29, 0.717) is 6.54 Å². The minimum atomic E-state index is -0.473. The molecule has 20 heavy (non-hydrogen) atoms. The summed E-state index contributed by atoms with van der Waals surface area (Å²) in [7, 11) is 1.58. The van der Waals surface area contributed by atoms with Crippen LogP contribution in [0.15, 0.2) is 35.0 Å². The van der Waals surface area contributed by atoms with E-state index in [1.807, 2.05) is 16.8 Å². The van der Waals surface area contributed by atoms with E-state index >= 15 is 0 Å². The highest BCUT2D eigenvalue weighted by molar-refractivity contribution is 7.07. The number of ether oxygens (including phenoxy) is 1. The number of thiophene rings is 1. The summed E-state index contributed by atoms with van der Waals surface area (Å²) in [6.45, 7) is 0.319. The first-order chi connectivity index (χ1) is 9.61. The summed E-state index contributed by atoms with van der Waals surface area (Å²) in [6.07, 6.45) is -0.218. The smallest absolute Gasteiger partial charge is 0.252 e. The van der Waals surface area contributed by atoms with Gasteiger partial charge in [0.25, 0.3) is 5.91 Å². The highest BCUT2D eigenvalue weighted by Gasteiger charge is 2.15. The van der Waals surface area contributed by atoms with Crippen molar-refractivity contribution in [2.45, 2.75) is 6.10 Å². The van der Waals surface area contributed by atoms with Gasteiger partial charge in [-0.05, 0) is 40.6 Å². The predicted molar refractivity (Wildman–Crippen MR) is 77.8 cm³/mol. The number of amides is 1. The Balaban J connectivity index is 2.01. The Morgan fingerprint density at radius 2 is 2.30 bits per heavy atom. The van der Waals surface area contributed by atoms with E-state index in [-0.39, 0.29) is 22.6 Å². The van der Waals surface area contributed by atoms with Crippen LogP contribution < -0.4 is 5.32 Å². The van der Waals surface area contributed by atoms with Gasteiger partial charge in [0.1, 0.15) is 11.9 Å². The number of carbonyl (C=O) groups excluding carboxylic acids is 1. The van der Waals surface area contributed by atoms with Crippen LogP contribution in [0.1, 0.15) is 22.0 Å². The van der Waals surface area contributed by atoms with Crippen molar-refractivity contribution < 1.29 is 13.9 Å². The number of nitrogens with one attached hydrogen (secondary N) is 1. The standard InChI is InChI=1S/C14H13ClFNO2S/c1-19-13(9-4-5-20-8-9)7-17-14(18)11-3-2-10(16)6-12(11)15/h2-6,8,13H,7H2,1H3,(H,17,18)/t13-/m1/s1. The van der Waals surface area contributed by atoms with E-state index < -0.39 is 5.82 Å². The lowest BCUT2D eigenvalue weighted by molar-refractivity contribution is 0.0829. The van der Waals surface area contributed by atoms with Gasteiger partial charge in [0.05, 0.1) is 10.6 Å². The molecule has 1 heterocycles. The Kier molecular flexibility index (Phi) is 5.11. The molecule has 2 rings (SSSR count). The van der Waals surface area contributed by atoms with E-state index in [2.05, 4.69) is 5.32 Å². The molecular formula is C14H13ClFNO2S. The maximum absolute atomic E-state index is 12.9. The number of carbonyl (C=O) groups is 1. The van der Waals surface area contributed by atoms with Crippen molar-refractivity contribution in [3.05, 3.63) is 57.0 Å². The van der Waals surface area contributed by atoms with E-state index in [9.17, 15) is 9.18 Å². The molecule has 2 aromatic rings. The molecule has 1 amide bonds. The lowest BCUT2D eigenvalue weighted by atomic mass is 10.1. The first-order valence-corrected chi connectivity index (χ1v) is 7.22. The fourth-order valence-corrected chi connectivity index (χ4v) is 2.70. The number of halogens is 2. The van der Waals surface area contributed by atoms with E-state index in [4.69, 9.17) is 16.3 Å². The van der Waals surface area contributed by atoms with Gasteiger partial charge in [-0.25, -0.2) is 4.39 Å². The maximum Gasteiger partial charge on any atom is 0.252 e. The second-order valence-corrected chi connectivity index (χ2v) is 5.30. The first-order valence-electron chi connectivity index (χ1n) is 5.90. The predicted octanol–water partition coefficient (Wildman–Crippen LogP) is 3.66. The molecule has 0 aliphatic carbocycles. The van der Waals surface area contributed by atoms with Crippen LogP contribution in [-0.2, 0) is 4.74 Å². The van der Waals surface area contributed by atoms with Crippen LogP contribution in [0.2, 0.25) is 5.02 Å². The molecular weight excluding hydrogens is 301 g/mol. The van der Waals surface area contributed by atoms with Gasteiger partial charge in [-0.1, -0.05) is 11.6 Å². The molecule has 106 valence electrons. The van der Waals surface area contributed by atoms with Crippen LogP contribution in [-0.4, -0.2) is 19.6 Å². The molecule has 0 saturated heterocycles. The van der Waals surface area contributed by atoms with E-state index in [0.717, 1.165) is 11.6 Å². The van der Waals surface area contributed by atoms with Gasteiger partial charge in [0.2, 0.25) is 0 Å². The molecule has 0 bridgehead atoms. The van der Waals surface area contributed by atoms with Crippen molar-refractivity contribution in [3.8, 4) is 0 Å². The second kappa shape index (κ2) is 6.83. The van der Waals surface area contributed by atoms with Crippen molar-refractivity contribution in [1.29, 1.82) is 0 Å². The SMILES string of the molecule is CO[C@H](CNC(=O)c1ccc(F)cc1Cl)c1ccsc1. The second-order valence-electron chi connectivity index (χ2n) is 4.12. The van der Waals surface area contributed by atoms with Gasteiger partial charge in [-0.3, -0.25) is 4.79 Å². The fraction of sp³-hybridized carbons (Fsp3) is 0.214. The molecule has 0 aliphatic heterocycles. The maximum atomic E-state index is 12.9. The molecule has 1 aromatic heterocycles. The topological polar surface area (TPSA) is 38.3 Å². The summed E-state index contributed by atoms with van der Waals surface area (Å²) in [5, 5.41) is 6.73. The Morgan fingerprint density at radius 1 is 1.50 bits per heavy atom. The zero-order chi connectivity index (χ0) is 14.5. The van der Waals surface area contributed by atoms with Crippen molar-refractivity contribution >= 4 is 28.8 Å². The summed E-state index contributed by atoms with van der Waals surface area (Å²) in [4.78, 5) is 12.0. The highest BCUT2D eigenvalue weighted by atomic mass is 35.5. The summed E-state index contributed by atoms with van der Waals surface area (Å²) < 4.78 is 18.3. The van der Waals surface area contributed by atoms with E-state index in [1.165, 1.54) is 12.1 Å². The fourth-order valence-electron chi connectivity index (χ4n) is 1.75. The van der Waals surface area contributed by atoms with Crippen molar-refractivity contribution in [2.75, 3.05) is 13.7 Å². The van der Waals surface area contributed by atoms with Crippen molar-refractivity contribution in [3.63, 3.8) is 0 Å². The minimum Gasteiger partial charge on any atom is -0.375 e. The Labute approximate surface area is 125 Å². The zero-order valence-corrected chi connectivity index (χ0v) is 12.3. The van der Waals surface area contributed by atoms with Gasteiger partial charge in [-0.2, -0.15) is 11.3 Å². The lowest BCUT2D eigenvalue weighted by Crippen LogP contribution is -2.29. The average Bonchev–Trinajstić information content (AvgIpc) is 2.93. The Morgan fingerprint density at radius 3 is 2.90 bits per heavy atom. The molecule has 0 spiro atoms. The molecule has 1 aromatic carbocycles. The normalized spacial score (nSPS) is 12.2. The zero-order valence-electron chi connectivity index (χ0n) is 10.7. The highest BCUT2D eigenvalue weighted by Crippen LogP contribution is 2.20. The van der Waals surface area contributed by atoms with Gasteiger partial charge < -0.3 is 10.1 Å².